The minimum absolute atomic E-state index is 0.545. The number of imidazole rings is 1. The van der Waals surface area contributed by atoms with Crippen LogP contribution in [0.15, 0.2) is 48.7 Å². The van der Waals surface area contributed by atoms with Crippen molar-refractivity contribution in [2.24, 2.45) is 0 Å². The zero-order chi connectivity index (χ0) is 17.1. The van der Waals surface area contributed by atoms with E-state index in [4.69, 9.17) is 14.8 Å². The van der Waals surface area contributed by atoms with Crippen LogP contribution < -0.4 is 4.74 Å². The van der Waals surface area contributed by atoms with Crippen molar-refractivity contribution in [3.63, 3.8) is 0 Å². The molecule has 1 N–H and O–H groups in total. The molecule has 2 aromatic heterocycles. The molecule has 24 heavy (non-hydrogen) atoms. The number of nitrogens with zero attached hydrogens (tertiary/aromatic N) is 2. The number of aromatic nitrogens is 2. The monoisotopic (exact) mass is 322 g/mol. The molecule has 2 heterocycles. The van der Waals surface area contributed by atoms with E-state index in [1.165, 1.54) is 0 Å². The summed E-state index contributed by atoms with van der Waals surface area (Å²) in [6.07, 6.45) is 4.57. The normalized spacial score (nSPS) is 11.2. The second kappa shape index (κ2) is 6.58. The molecule has 3 rings (SSSR count). The lowest BCUT2D eigenvalue weighted by Gasteiger charge is -2.08. The lowest BCUT2D eigenvalue weighted by Crippen LogP contribution is -1.95. The highest BCUT2D eigenvalue weighted by atomic mass is 16.5. The first-order chi connectivity index (χ1) is 11.6. The SMILES string of the molecule is CCOc1ccccc1-c1nc2c(C)cccn2c1/C=C/C(=O)O. The van der Waals surface area contributed by atoms with Crippen LogP contribution in [0.1, 0.15) is 18.2 Å². The number of ether oxygens (including phenoxy) is 1. The Morgan fingerprint density at radius 2 is 2.08 bits per heavy atom. The molecule has 0 fully saturated rings. The lowest BCUT2D eigenvalue weighted by atomic mass is 10.1. The first-order valence-electron chi connectivity index (χ1n) is 7.72. The van der Waals surface area contributed by atoms with Gasteiger partial charge in [-0.1, -0.05) is 18.2 Å². The van der Waals surface area contributed by atoms with E-state index in [1.807, 2.05) is 60.8 Å². The number of para-hydroxylation sites is 1. The Balaban J connectivity index is 2.29. The molecule has 5 heteroatoms. The lowest BCUT2D eigenvalue weighted by molar-refractivity contribution is -0.131. The van der Waals surface area contributed by atoms with Crippen LogP contribution in [0.3, 0.4) is 0 Å². The molecular formula is C19H18N2O3. The molecule has 0 radical (unpaired) electrons. The molecule has 0 saturated carbocycles. The molecule has 0 aliphatic heterocycles. The molecule has 0 amide bonds. The van der Waals surface area contributed by atoms with E-state index >= 15 is 0 Å². The Kier molecular flexibility index (Phi) is 4.33. The first kappa shape index (κ1) is 15.8. The van der Waals surface area contributed by atoms with Crippen LogP contribution in [0.25, 0.3) is 23.0 Å². The van der Waals surface area contributed by atoms with E-state index in [1.54, 1.807) is 6.08 Å². The number of hydrogen-bond acceptors (Lipinski definition) is 3. The fourth-order valence-electron chi connectivity index (χ4n) is 2.67. The van der Waals surface area contributed by atoms with Gasteiger partial charge in [-0.15, -0.1) is 0 Å². The van der Waals surface area contributed by atoms with Gasteiger partial charge in [-0.2, -0.15) is 0 Å². The summed E-state index contributed by atoms with van der Waals surface area (Å²) in [5, 5.41) is 9.00. The maximum Gasteiger partial charge on any atom is 0.328 e. The predicted octanol–water partition coefficient (Wildman–Crippen LogP) is 3.81. The molecule has 0 aliphatic rings. The largest absolute Gasteiger partial charge is 0.493 e. The molecule has 122 valence electrons. The van der Waals surface area contributed by atoms with Crippen LogP contribution in [-0.2, 0) is 4.79 Å². The van der Waals surface area contributed by atoms with Crippen molar-refractivity contribution in [3.05, 3.63) is 59.9 Å². The third-order valence-corrected chi connectivity index (χ3v) is 3.71. The van der Waals surface area contributed by atoms with Crippen molar-refractivity contribution in [2.75, 3.05) is 6.61 Å². The number of aliphatic carboxylic acids is 1. The fraction of sp³-hybridized carbons (Fsp3) is 0.158. The molecule has 5 nitrogen and oxygen atoms in total. The van der Waals surface area contributed by atoms with Crippen molar-refractivity contribution in [1.82, 2.24) is 9.38 Å². The highest BCUT2D eigenvalue weighted by Gasteiger charge is 2.16. The van der Waals surface area contributed by atoms with Gasteiger partial charge in [-0.3, -0.25) is 4.40 Å². The van der Waals surface area contributed by atoms with Crippen molar-refractivity contribution < 1.29 is 14.6 Å². The average Bonchev–Trinajstić information content (AvgIpc) is 2.93. The van der Waals surface area contributed by atoms with Crippen LogP contribution >= 0.6 is 0 Å². The van der Waals surface area contributed by atoms with Gasteiger partial charge in [-0.25, -0.2) is 9.78 Å². The second-order valence-corrected chi connectivity index (χ2v) is 5.33. The second-order valence-electron chi connectivity index (χ2n) is 5.33. The molecule has 0 aliphatic carbocycles. The third kappa shape index (κ3) is 2.88. The van der Waals surface area contributed by atoms with Gasteiger partial charge in [-0.05, 0) is 43.7 Å². The van der Waals surface area contributed by atoms with Crippen LogP contribution in [-0.4, -0.2) is 27.1 Å². The summed E-state index contributed by atoms with van der Waals surface area (Å²) in [5.41, 5.74) is 4.06. The Bertz CT molecular complexity index is 926. The third-order valence-electron chi connectivity index (χ3n) is 3.71. The predicted molar refractivity (Wildman–Crippen MR) is 93.2 cm³/mol. The molecule has 3 aromatic rings. The first-order valence-corrected chi connectivity index (χ1v) is 7.72. The summed E-state index contributed by atoms with van der Waals surface area (Å²) in [7, 11) is 0. The van der Waals surface area contributed by atoms with Crippen LogP contribution in [0.2, 0.25) is 0 Å². The Labute approximate surface area is 139 Å². The van der Waals surface area contributed by atoms with Gasteiger partial charge in [0, 0.05) is 17.8 Å². The van der Waals surface area contributed by atoms with Gasteiger partial charge in [0.1, 0.15) is 17.1 Å². The van der Waals surface area contributed by atoms with E-state index < -0.39 is 5.97 Å². The van der Waals surface area contributed by atoms with Crippen molar-refractivity contribution >= 4 is 17.7 Å². The number of fused-ring (bicyclic) bond motifs is 1. The van der Waals surface area contributed by atoms with Gasteiger partial charge < -0.3 is 9.84 Å². The van der Waals surface area contributed by atoms with Crippen LogP contribution in [0.5, 0.6) is 5.75 Å². The molecule has 0 bridgehead atoms. The summed E-state index contributed by atoms with van der Waals surface area (Å²) in [6, 6.07) is 11.5. The Hall–Kier alpha value is -3.08. The Morgan fingerprint density at radius 1 is 1.29 bits per heavy atom. The smallest absolute Gasteiger partial charge is 0.328 e. The number of carbonyl (C=O) groups is 1. The zero-order valence-electron chi connectivity index (χ0n) is 13.6. The van der Waals surface area contributed by atoms with Gasteiger partial charge in [0.05, 0.1) is 12.3 Å². The van der Waals surface area contributed by atoms with Crippen molar-refractivity contribution in [1.29, 1.82) is 0 Å². The number of hydrogen-bond donors (Lipinski definition) is 1. The molecular weight excluding hydrogens is 304 g/mol. The number of benzene rings is 1. The number of pyridine rings is 1. The molecule has 0 atom stereocenters. The maximum absolute atomic E-state index is 11.0. The summed E-state index contributed by atoms with van der Waals surface area (Å²) in [4.78, 5) is 15.7. The minimum Gasteiger partial charge on any atom is -0.493 e. The molecule has 1 aromatic carbocycles. The average molecular weight is 322 g/mol. The number of rotatable bonds is 5. The summed E-state index contributed by atoms with van der Waals surface area (Å²) < 4.78 is 7.60. The van der Waals surface area contributed by atoms with E-state index in [9.17, 15) is 4.79 Å². The zero-order valence-corrected chi connectivity index (χ0v) is 13.6. The number of aryl methyl sites for hydroxylation is 1. The summed E-state index contributed by atoms with van der Waals surface area (Å²) in [6.45, 7) is 4.45. The Morgan fingerprint density at radius 3 is 2.83 bits per heavy atom. The molecule has 0 unspecified atom stereocenters. The highest BCUT2D eigenvalue weighted by molar-refractivity contribution is 5.88. The quantitative estimate of drug-likeness (QED) is 0.726. The summed E-state index contributed by atoms with van der Waals surface area (Å²) in [5.74, 6) is -0.271. The standard InChI is InChI=1S/C19H18N2O3/c1-3-24-16-9-5-4-8-14(16)18-15(10-11-17(22)23)21-12-6-7-13(2)19(21)20-18/h4-12H,3H2,1-2H3,(H,22,23)/b11-10+. The molecule has 0 saturated heterocycles. The van der Waals surface area contributed by atoms with E-state index in [0.717, 1.165) is 28.6 Å². The number of carboxylic acid groups (broad SMARTS) is 1. The van der Waals surface area contributed by atoms with Crippen LogP contribution in [0, 0.1) is 6.92 Å². The van der Waals surface area contributed by atoms with Crippen molar-refractivity contribution in [2.45, 2.75) is 13.8 Å². The van der Waals surface area contributed by atoms with E-state index in [2.05, 4.69) is 0 Å². The van der Waals surface area contributed by atoms with E-state index in [-0.39, 0.29) is 0 Å². The fourth-order valence-corrected chi connectivity index (χ4v) is 2.67. The maximum atomic E-state index is 11.0. The molecule has 0 spiro atoms. The number of carboxylic acids is 1. The van der Waals surface area contributed by atoms with Crippen molar-refractivity contribution in [3.8, 4) is 17.0 Å². The van der Waals surface area contributed by atoms with Gasteiger partial charge in [0.25, 0.3) is 0 Å². The van der Waals surface area contributed by atoms with Gasteiger partial charge in [0.2, 0.25) is 0 Å². The van der Waals surface area contributed by atoms with E-state index in [0.29, 0.717) is 18.0 Å². The van der Waals surface area contributed by atoms with Crippen LogP contribution in [0.4, 0.5) is 0 Å². The highest BCUT2D eigenvalue weighted by Crippen LogP contribution is 2.33. The topological polar surface area (TPSA) is 63.8 Å². The van der Waals surface area contributed by atoms with Gasteiger partial charge in [0.15, 0.2) is 0 Å². The minimum atomic E-state index is -0.998. The van der Waals surface area contributed by atoms with Gasteiger partial charge >= 0.3 is 5.97 Å². The summed E-state index contributed by atoms with van der Waals surface area (Å²) >= 11 is 0.